The predicted molar refractivity (Wildman–Crippen MR) is 105 cm³/mol. The lowest BCUT2D eigenvalue weighted by molar-refractivity contribution is 0.0914. The number of hydrogen-bond donors (Lipinski definition) is 2. The summed E-state index contributed by atoms with van der Waals surface area (Å²) in [5.74, 6) is 1.96. The highest BCUT2D eigenvalue weighted by atomic mass is 35.5. The average molecular weight is 387 g/mol. The monoisotopic (exact) mass is 386 g/mol. The zero-order chi connectivity index (χ0) is 18.2. The van der Waals surface area contributed by atoms with E-state index in [9.17, 15) is 4.79 Å². The molecule has 1 saturated heterocycles. The maximum absolute atomic E-state index is 12.7. The van der Waals surface area contributed by atoms with Gasteiger partial charge in [0.05, 0.1) is 19.8 Å². The van der Waals surface area contributed by atoms with Crippen LogP contribution in [0.2, 0.25) is 0 Å². The maximum atomic E-state index is 12.7. The van der Waals surface area contributed by atoms with E-state index in [0.717, 1.165) is 19.5 Å². The highest BCUT2D eigenvalue weighted by Gasteiger charge is 2.24. The molecule has 0 radical (unpaired) electrons. The van der Waals surface area contributed by atoms with Gasteiger partial charge >= 0.3 is 0 Å². The first-order chi connectivity index (χ1) is 12.1. The quantitative estimate of drug-likeness (QED) is 0.718. The molecule has 0 spiro atoms. The molecule has 6 nitrogen and oxygen atoms in total. The minimum atomic E-state index is -0.120. The number of rotatable bonds is 8. The van der Waals surface area contributed by atoms with Crippen LogP contribution in [-0.4, -0.2) is 44.9 Å². The Balaban J connectivity index is 0.00000338. The molecule has 148 valence electrons. The van der Waals surface area contributed by atoms with E-state index >= 15 is 0 Å². The Morgan fingerprint density at radius 2 is 1.69 bits per heavy atom. The Kier molecular flexibility index (Phi) is 9.59. The summed E-state index contributed by atoms with van der Waals surface area (Å²) >= 11 is 0. The Hall–Kier alpha value is -1.66. The summed E-state index contributed by atoms with van der Waals surface area (Å²) in [6.07, 6.45) is 1.06. The van der Waals surface area contributed by atoms with Gasteiger partial charge in [0.2, 0.25) is 5.75 Å². The molecule has 2 N–H and O–H groups in total. The van der Waals surface area contributed by atoms with Gasteiger partial charge < -0.3 is 24.8 Å². The van der Waals surface area contributed by atoms with Crippen molar-refractivity contribution in [2.24, 2.45) is 5.92 Å². The van der Waals surface area contributed by atoms with Crippen LogP contribution < -0.4 is 24.8 Å². The molecule has 1 aliphatic rings. The van der Waals surface area contributed by atoms with Crippen LogP contribution in [0, 0.1) is 5.92 Å². The number of carbonyl (C=O) groups excluding carboxylic acids is 1. The van der Waals surface area contributed by atoms with Gasteiger partial charge in [-0.05, 0) is 51.8 Å². The number of carbonyl (C=O) groups is 1. The molecule has 0 saturated carbocycles. The third-order valence-electron chi connectivity index (χ3n) is 4.32. The first-order valence-electron chi connectivity index (χ1n) is 9.18. The van der Waals surface area contributed by atoms with Crippen LogP contribution in [0.25, 0.3) is 0 Å². The van der Waals surface area contributed by atoms with Crippen LogP contribution in [-0.2, 0) is 0 Å². The van der Waals surface area contributed by atoms with Crippen LogP contribution in [0.15, 0.2) is 12.1 Å². The SMILES string of the molecule is CCOc1cc(C(=O)NC2CNCCC2C)cc(OCC)c1OCC.Cl. The lowest BCUT2D eigenvalue weighted by Crippen LogP contribution is -2.50. The summed E-state index contributed by atoms with van der Waals surface area (Å²) in [7, 11) is 0. The molecular formula is C19H31ClN2O4. The van der Waals surface area contributed by atoms with Crippen LogP contribution >= 0.6 is 12.4 Å². The lowest BCUT2D eigenvalue weighted by atomic mass is 9.94. The summed E-state index contributed by atoms with van der Waals surface area (Å²) in [5.41, 5.74) is 0.521. The highest BCUT2D eigenvalue weighted by molar-refractivity contribution is 5.95. The van der Waals surface area contributed by atoms with E-state index in [0.29, 0.717) is 48.6 Å². The fourth-order valence-electron chi connectivity index (χ4n) is 2.95. The molecule has 1 aromatic rings. The van der Waals surface area contributed by atoms with E-state index in [1.807, 2.05) is 20.8 Å². The van der Waals surface area contributed by atoms with Gasteiger partial charge in [0.1, 0.15) is 0 Å². The Bertz CT molecular complexity index is 556. The summed E-state index contributed by atoms with van der Waals surface area (Å²) in [6.45, 7) is 11.1. The smallest absolute Gasteiger partial charge is 0.251 e. The lowest BCUT2D eigenvalue weighted by Gasteiger charge is -2.30. The van der Waals surface area contributed by atoms with E-state index in [2.05, 4.69) is 17.6 Å². The minimum Gasteiger partial charge on any atom is -0.490 e. The summed E-state index contributed by atoms with van der Waals surface area (Å²) in [6, 6.07) is 3.58. The average Bonchev–Trinajstić information content (AvgIpc) is 2.60. The van der Waals surface area contributed by atoms with Gasteiger partial charge in [0.15, 0.2) is 11.5 Å². The third kappa shape index (κ3) is 5.68. The number of piperidine rings is 1. The molecule has 26 heavy (non-hydrogen) atoms. The summed E-state index contributed by atoms with van der Waals surface area (Å²) in [4.78, 5) is 12.7. The molecule has 0 bridgehead atoms. The second-order valence-corrected chi connectivity index (χ2v) is 6.15. The van der Waals surface area contributed by atoms with Gasteiger partial charge in [0.25, 0.3) is 5.91 Å². The molecule has 1 aliphatic heterocycles. The van der Waals surface area contributed by atoms with Crippen molar-refractivity contribution >= 4 is 18.3 Å². The number of ether oxygens (including phenoxy) is 3. The molecule has 2 rings (SSSR count). The first-order valence-corrected chi connectivity index (χ1v) is 9.18. The van der Waals surface area contributed by atoms with Crippen LogP contribution in [0.5, 0.6) is 17.2 Å². The number of amides is 1. The van der Waals surface area contributed by atoms with Crippen molar-refractivity contribution in [1.29, 1.82) is 0 Å². The molecular weight excluding hydrogens is 356 g/mol. The number of nitrogens with one attached hydrogen (secondary N) is 2. The number of hydrogen-bond acceptors (Lipinski definition) is 5. The second-order valence-electron chi connectivity index (χ2n) is 6.15. The van der Waals surface area contributed by atoms with Crippen molar-refractivity contribution in [2.45, 2.75) is 40.2 Å². The number of benzene rings is 1. The van der Waals surface area contributed by atoms with E-state index in [1.54, 1.807) is 12.1 Å². The number of halogens is 1. The summed E-state index contributed by atoms with van der Waals surface area (Å²) in [5, 5.41) is 6.45. The molecule has 1 amide bonds. The molecule has 1 aromatic carbocycles. The first kappa shape index (κ1) is 22.4. The molecule has 0 aromatic heterocycles. The zero-order valence-electron chi connectivity index (χ0n) is 16.1. The van der Waals surface area contributed by atoms with Gasteiger partial charge in [-0.25, -0.2) is 0 Å². The van der Waals surface area contributed by atoms with Crippen molar-refractivity contribution in [3.8, 4) is 17.2 Å². The van der Waals surface area contributed by atoms with E-state index < -0.39 is 0 Å². The molecule has 2 atom stereocenters. The zero-order valence-corrected chi connectivity index (χ0v) is 16.9. The maximum Gasteiger partial charge on any atom is 0.251 e. The molecule has 7 heteroatoms. The van der Waals surface area contributed by atoms with Crippen molar-refractivity contribution in [3.63, 3.8) is 0 Å². The summed E-state index contributed by atoms with van der Waals surface area (Å²) < 4.78 is 17.0. The third-order valence-corrected chi connectivity index (χ3v) is 4.32. The van der Waals surface area contributed by atoms with Crippen molar-refractivity contribution in [3.05, 3.63) is 17.7 Å². The Morgan fingerprint density at radius 3 is 2.19 bits per heavy atom. The van der Waals surface area contributed by atoms with Gasteiger partial charge in [-0.2, -0.15) is 0 Å². The molecule has 1 fully saturated rings. The van der Waals surface area contributed by atoms with Crippen LogP contribution in [0.3, 0.4) is 0 Å². The minimum absolute atomic E-state index is 0. The largest absolute Gasteiger partial charge is 0.490 e. The fraction of sp³-hybridized carbons (Fsp3) is 0.632. The normalized spacial score (nSPS) is 19.2. The van der Waals surface area contributed by atoms with Crippen LogP contribution in [0.4, 0.5) is 0 Å². The van der Waals surface area contributed by atoms with Gasteiger partial charge in [0, 0.05) is 18.2 Å². The molecule has 1 heterocycles. The Labute approximate surface area is 162 Å². The highest BCUT2D eigenvalue weighted by Crippen LogP contribution is 2.39. The van der Waals surface area contributed by atoms with Crippen molar-refractivity contribution in [1.82, 2.24) is 10.6 Å². The van der Waals surface area contributed by atoms with E-state index in [-0.39, 0.29) is 24.4 Å². The van der Waals surface area contributed by atoms with Crippen molar-refractivity contribution < 1.29 is 19.0 Å². The van der Waals surface area contributed by atoms with Gasteiger partial charge in [-0.1, -0.05) is 6.92 Å². The van der Waals surface area contributed by atoms with Gasteiger partial charge in [-0.3, -0.25) is 4.79 Å². The van der Waals surface area contributed by atoms with Crippen molar-refractivity contribution in [2.75, 3.05) is 32.9 Å². The molecule has 0 aliphatic carbocycles. The standard InChI is InChI=1S/C19H30N2O4.ClH/c1-5-23-16-10-14(11-17(24-6-2)18(16)25-7-3)19(22)21-15-12-20-9-8-13(15)4;/h10-11,13,15,20H,5-9,12H2,1-4H3,(H,21,22);1H. The predicted octanol–water partition coefficient (Wildman–Crippen LogP) is 3.03. The van der Waals surface area contributed by atoms with Gasteiger partial charge in [-0.15, -0.1) is 12.4 Å². The topological polar surface area (TPSA) is 68.8 Å². The Morgan fingerprint density at radius 1 is 1.12 bits per heavy atom. The van der Waals surface area contributed by atoms with E-state index in [4.69, 9.17) is 14.2 Å². The van der Waals surface area contributed by atoms with Crippen LogP contribution in [0.1, 0.15) is 44.5 Å². The molecule has 2 unspecified atom stereocenters. The van der Waals surface area contributed by atoms with E-state index in [1.165, 1.54) is 0 Å². The fourth-order valence-corrected chi connectivity index (χ4v) is 2.95. The second kappa shape index (κ2) is 11.1.